The molecule has 154 valence electrons. The van der Waals surface area contributed by atoms with E-state index in [1.54, 1.807) is 12.1 Å². The Bertz CT molecular complexity index is 826. The van der Waals surface area contributed by atoms with E-state index in [2.05, 4.69) is 24.1 Å². The van der Waals surface area contributed by atoms with Gasteiger partial charge in [-0.1, -0.05) is 37.6 Å². The van der Waals surface area contributed by atoms with Crippen molar-refractivity contribution < 1.29 is 9.59 Å². The molecule has 5 nitrogen and oxygen atoms in total. The molecular weight excluding hydrogens is 386 g/mol. The number of amides is 2. The number of carbonyl (C=O) groups excluding carboxylic acids is 2. The molecule has 0 unspecified atom stereocenters. The second-order valence-electron chi connectivity index (χ2n) is 7.86. The third kappa shape index (κ3) is 6.23. The molecule has 3 rings (SSSR count). The first-order valence-corrected chi connectivity index (χ1v) is 10.5. The summed E-state index contributed by atoms with van der Waals surface area (Å²) in [6.07, 6.45) is 0.926. The maximum absolute atomic E-state index is 12.2. The number of carbonyl (C=O) groups is 2. The topological polar surface area (TPSA) is 52.7 Å². The van der Waals surface area contributed by atoms with Gasteiger partial charge in [0, 0.05) is 49.0 Å². The number of nitrogens with zero attached hydrogens (tertiary/aromatic N) is 2. The molecule has 0 radical (unpaired) electrons. The van der Waals surface area contributed by atoms with Crippen LogP contribution in [0.25, 0.3) is 0 Å². The van der Waals surface area contributed by atoms with Gasteiger partial charge in [0.15, 0.2) is 0 Å². The Kier molecular flexibility index (Phi) is 7.15. The fraction of sp³-hybridized carbons (Fsp3) is 0.391. The first-order valence-electron chi connectivity index (χ1n) is 10.1. The number of anilines is 2. The Labute approximate surface area is 177 Å². The van der Waals surface area contributed by atoms with Crippen molar-refractivity contribution in [3.05, 3.63) is 59.1 Å². The number of hydrogen-bond donors (Lipinski definition) is 1. The molecule has 0 spiro atoms. The summed E-state index contributed by atoms with van der Waals surface area (Å²) in [4.78, 5) is 28.7. The van der Waals surface area contributed by atoms with E-state index >= 15 is 0 Å². The normalized spacial score (nSPS) is 14.2. The van der Waals surface area contributed by atoms with Crippen molar-refractivity contribution in [2.24, 2.45) is 5.92 Å². The molecule has 0 atom stereocenters. The predicted octanol–water partition coefficient (Wildman–Crippen LogP) is 4.22. The summed E-state index contributed by atoms with van der Waals surface area (Å²) in [7, 11) is 0. The van der Waals surface area contributed by atoms with E-state index < -0.39 is 0 Å². The fourth-order valence-electron chi connectivity index (χ4n) is 3.44. The summed E-state index contributed by atoms with van der Waals surface area (Å²) in [5, 5.41) is 3.59. The lowest BCUT2D eigenvalue weighted by Crippen LogP contribution is -2.49. The standard InChI is InChI=1S/C23H28ClN3O2/c1-17(2)15-23(29)27-13-11-26(12-14-27)21-9-7-20(8-10-21)25-22(28)16-18-3-5-19(24)6-4-18/h3-10,17H,11-16H2,1-2H3,(H,25,28). The molecule has 2 aromatic carbocycles. The van der Waals surface area contributed by atoms with Crippen LogP contribution in [0.2, 0.25) is 5.02 Å². The van der Waals surface area contributed by atoms with E-state index in [9.17, 15) is 9.59 Å². The van der Waals surface area contributed by atoms with Gasteiger partial charge in [-0.05, 0) is 47.9 Å². The minimum absolute atomic E-state index is 0.0580. The molecule has 1 aliphatic rings. The van der Waals surface area contributed by atoms with Crippen LogP contribution in [0.5, 0.6) is 0 Å². The summed E-state index contributed by atoms with van der Waals surface area (Å²) in [5.41, 5.74) is 2.81. The molecule has 1 fully saturated rings. The number of benzene rings is 2. The van der Waals surface area contributed by atoms with E-state index in [1.165, 1.54) is 0 Å². The van der Waals surface area contributed by atoms with Gasteiger partial charge in [0.2, 0.25) is 11.8 Å². The van der Waals surface area contributed by atoms with Gasteiger partial charge in [-0.15, -0.1) is 0 Å². The first kappa shape index (κ1) is 21.2. The van der Waals surface area contributed by atoms with Crippen LogP contribution in [0.4, 0.5) is 11.4 Å². The number of hydrogen-bond acceptors (Lipinski definition) is 3. The molecular formula is C23H28ClN3O2. The zero-order chi connectivity index (χ0) is 20.8. The molecule has 2 aromatic rings. The number of nitrogens with one attached hydrogen (secondary N) is 1. The highest BCUT2D eigenvalue weighted by molar-refractivity contribution is 6.30. The lowest BCUT2D eigenvalue weighted by Gasteiger charge is -2.36. The van der Waals surface area contributed by atoms with Gasteiger partial charge in [0.1, 0.15) is 0 Å². The van der Waals surface area contributed by atoms with Gasteiger partial charge in [-0.3, -0.25) is 9.59 Å². The molecule has 1 saturated heterocycles. The molecule has 6 heteroatoms. The van der Waals surface area contributed by atoms with E-state index in [4.69, 9.17) is 11.6 Å². The molecule has 1 heterocycles. The van der Waals surface area contributed by atoms with Crippen LogP contribution in [0.15, 0.2) is 48.5 Å². The van der Waals surface area contributed by atoms with E-state index in [1.807, 2.05) is 41.3 Å². The molecule has 0 aliphatic carbocycles. The van der Waals surface area contributed by atoms with Gasteiger partial charge in [-0.2, -0.15) is 0 Å². The predicted molar refractivity (Wildman–Crippen MR) is 118 cm³/mol. The zero-order valence-corrected chi connectivity index (χ0v) is 17.8. The summed E-state index contributed by atoms with van der Waals surface area (Å²) in [6, 6.07) is 15.2. The van der Waals surface area contributed by atoms with E-state index in [0.29, 0.717) is 23.8 Å². The highest BCUT2D eigenvalue weighted by Gasteiger charge is 2.21. The Morgan fingerprint density at radius 2 is 1.59 bits per heavy atom. The summed E-state index contributed by atoms with van der Waals surface area (Å²) >= 11 is 5.88. The van der Waals surface area contributed by atoms with Crippen molar-refractivity contribution in [3.63, 3.8) is 0 Å². The molecule has 29 heavy (non-hydrogen) atoms. The van der Waals surface area contributed by atoms with E-state index in [0.717, 1.165) is 43.1 Å². The first-order chi connectivity index (χ1) is 13.9. The quantitative estimate of drug-likeness (QED) is 0.771. The van der Waals surface area contributed by atoms with Gasteiger partial charge >= 0.3 is 0 Å². The fourth-order valence-corrected chi connectivity index (χ4v) is 3.57. The molecule has 1 aliphatic heterocycles. The van der Waals surface area contributed by atoms with Crippen LogP contribution in [-0.4, -0.2) is 42.9 Å². The third-order valence-corrected chi connectivity index (χ3v) is 5.26. The summed E-state index contributed by atoms with van der Waals surface area (Å²) in [5.74, 6) is 0.582. The number of halogens is 1. The van der Waals surface area contributed by atoms with Crippen LogP contribution < -0.4 is 10.2 Å². The van der Waals surface area contributed by atoms with Crippen LogP contribution in [0, 0.1) is 5.92 Å². The molecule has 0 bridgehead atoms. The monoisotopic (exact) mass is 413 g/mol. The Hall–Kier alpha value is -2.53. The highest BCUT2D eigenvalue weighted by Crippen LogP contribution is 2.20. The van der Waals surface area contributed by atoms with Crippen molar-refractivity contribution in [1.82, 2.24) is 4.90 Å². The second-order valence-corrected chi connectivity index (χ2v) is 8.30. The smallest absolute Gasteiger partial charge is 0.228 e. The summed E-state index contributed by atoms with van der Waals surface area (Å²) < 4.78 is 0. The van der Waals surface area contributed by atoms with Gasteiger partial charge in [0.25, 0.3) is 0 Å². The van der Waals surface area contributed by atoms with Crippen LogP contribution in [0.1, 0.15) is 25.8 Å². The van der Waals surface area contributed by atoms with Crippen molar-refractivity contribution in [3.8, 4) is 0 Å². The highest BCUT2D eigenvalue weighted by atomic mass is 35.5. The minimum Gasteiger partial charge on any atom is -0.368 e. The third-order valence-electron chi connectivity index (χ3n) is 5.01. The zero-order valence-electron chi connectivity index (χ0n) is 17.0. The van der Waals surface area contributed by atoms with Crippen LogP contribution in [-0.2, 0) is 16.0 Å². The van der Waals surface area contributed by atoms with E-state index in [-0.39, 0.29) is 11.8 Å². The SMILES string of the molecule is CC(C)CC(=O)N1CCN(c2ccc(NC(=O)Cc3ccc(Cl)cc3)cc2)CC1. The van der Waals surface area contributed by atoms with Gasteiger partial charge in [0.05, 0.1) is 6.42 Å². The molecule has 0 aromatic heterocycles. The van der Waals surface area contributed by atoms with Crippen LogP contribution in [0.3, 0.4) is 0 Å². The van der Waals surface area contributed by atoms with Gasteiger partial charge in [-0.25, -0.2) is 0 Å². The summed E-state index contributed by atoms with van der Waals surface area (Å²) in [6.45, 7) is 7.31. The Morgan fingerprint density at radius 3 is 2.17 bits per heavy atom. The molecule has 2 amide bonds. The number of rotatable bonds is 6. The van der Waals surface area contributed by atoms with Crippen molar-refractivity contribution in [2.75, 3.05) is 36.4 Å². The lowest BCUT2D eigenvalue weighted by molar-refractivity contribution is -0.132. The average Bonchev–Trinajstić information content (AvgIpc) is 2.70. The average molecular weight is 414 g/mol. The maximum atomic E-state index is 12.2. The van der Waals surface area contributed by atoms with Crippen molar-refractivity contribution in [1.29, 1.82) is 0 Å². The maximum Gasteiger partial charge on any atom is 0.228 e. The largest absolute Gasteiger partial charge is 0.368 e. The second kappa shape index (κ2) is 9.79. The lowest BCUT2D eigenvalue weighted by atomic mass is 10.1. The Morgan fingerprint density at radius 1 is 0.966 bits per heavy atom. The number of piperazine rings is 1. The molecule has 0 saturated carbocycles. The van der Waals surface area contributed by atoms with Crippen LogP contribution >= 0.6 is 11.6 Å². The minimum atomic E-state index is -0.0580. The van der Waals surface area contributed by atoms with Crippen molar-refractivity contribution >= 4 is 34.8 Å². The Balaban J connectivity index is 1.49. The van der Waals surface area contributed by atoms with Crippen molar-refractivity contribution in [2.45, 2.75) is 26.7 Å². The molecule has 1 N–H and O–H groups in total. The van der Waals surface area contributed by atoms with Gasteiger partial charge < -0.3 is 15.1 Å².